The van der Waals surface area contributed by atoms with Gasteiger partial charge in [-0.25, -0.2) is 0 Å². The average Bonchev–Trinajstić information content (AvgIpc) is 2.54. The van der Waals surface area contributed by atoms with Crippen molar-refractivity contribution < 1.29 is 0 Å². The molecular formula is C18H32N2. The highest BCUT2D eigenvalue weighted by Crippen LogP contribution is 2.40. The van der Waals surface area contributed by atoms with Crippen LogP contribution in [0.5, 0.6) is 0 Å². The van der Waals surface area contributed by atoms with Gasteiger partial charge in [0.1, 0.15) is 0 Å². The molecule has 4 fully saturated rings. The third-order valence-corrected chi connectivity index (χ3v) is 6.89. The van der Waals surface area contributed by atoms with Crippen LogP contribution in [0.2, 0.25) is 0 Å². The van der Waals surface area contributed by atoms with E-state index in [-0.39, 0.29) is 0 Å². The highest BCUT2D eigenvalue weighted by molar-refractivity contribution is 4.92. The Kier molecular flexibility index (Phi) is 4.05. The largest absolute Gasteiger partial charge is 0.300 e. The molecule has 0 aromatic rings. The van der Waals surface area contributed by atoms with E-state index >= 15 is 0 Å². The number of nitrogens with zero attached hydrogens (tertiary/aromatic N) is 2. The molecule has 0 N–H and O–H groups in total. The molecule has 0 aromatic heterocycles. The monoisotopic (exact) mass is 276 g/mol. The summed E-state index contributed by atoms with van der Waals surface area (Å²) < 4.78 is 0. The molecule has 0 spiro atoms. The molecule has 4 heterocycles. The van der Waals surface area contributed by atoms with Gasteiger partial charge in [-0.2, -0.15) is 0 Å². The number of hydrogen-bond acceptors (Lipinski definition) is 2. The number of piperidine rings is 4. The Morgan fingerprint density at radius 3 is 1.50 bits per heavy atom. The molecule has 4 saturated heterocycles. The number of fused-ring (bicyclic) bond motifs is 2. The SMILES string of the molecule is C1CCN2CCC(C3CCN4CCCCC4C3)CC2C1. The van der Waals surface area contributed by atoms with E-state index in [1.54, 1.807) is 0 Å². The third kappa shape index (κ3) is 2.66. The summed E-state index contributed by atoms with van der Waals surface area (Å²) in [5, 5.41) is 0. The summed E-state index contributed by atoms with van der Waals surface area (Å²) in [6, 6.07) is 1.93. The van der Waals surface area contributed by atoms with E-state index in [1.165, 1.54) is 90.4 Å². The molecule has 4 atom stereocenters. The Morgan fingerprint density at radius 1 is 0.500 bits per heavy atom. The third-order valence-electron chi connectivity index (χ3n) is 6.89. The van der Waals surface area contributed by atoms with Crippen LogP contribution in [0.3, 0.4) is 0 Å². The van der Waals surface area contributed by atoms with E-state index in [9.17, 15) is 0 Å². The van der Waals surface area contributed by atoms with Gasteiger partial charge in [0.05, 0.1) is 0 Å². The maximum absolute atomic E-state index is 2.82. The van der Waals surface area contributed by atoms with Gasteiger partial charge in [0.25, 0.3) is 0 Å². The van der Waals surface area contributed by atoms with Gasteiger partial charge < -0.3 is 9.80 Å². The molecule has 4 unspecified atom stereocenters. The molecule has 0 radical (unpaired) electrons. The topological polar surface area (TPSA) is 6.48 Å². The maximum atomic E-state index is 2.82. The molecule has 0 amide bonds. The summed E-state index contributed by atoms with van der Waals surface area (Å²) in [7, 11) is 0. The minimum atomic E-state index is 0.965. The first-order valence-corrected chi connectivity index (χ1v) is 9.38. The molecular weight excluding hydrogens is 244 g/mol. The first-order chi connectivity index (χ1) is 9.90. The Balaban J connectivity index is 1.36. The molecule has 0 aliphatic carbocycles. The van der Waals surface area contributed by atoms with Crippen LogP contribution in [0.4, 0.5) is 0 Å². The Labute approximate surface area is 124 Å². The van der Waals surface area contributed by atoms with Crippen molar-refractivity contribution >= 4 is 0 Å². The van der Waals surface area contributed by atoms with Gasteiger partial charge in [-0.15, -0.1) is 0 Å². The fraction of sp³-hybridized carbons (Fsp3) is 1.00. The molecule has 20 heavy (non-hydrogen) atoms. The number of rotatable bonds is 1. The zero-order valence-electron chi connectivity index (χ0n) is 13.1. The quantitative estimate of drug-likeness (QED) is 0.723. The second-order valence-electron chi connectivity index (χ2n) is 7.94. The minimum absolute atomic E-state index is 0.965. The first-order valence-electron chi connectivity index (χ1n) is 9.38. The van der Waals surface area contributed by atoms with E-state index in [1.807, 2.05) is 0 Å². The molecule has 2 heteroatoms. The van der Waals surface area contributed by atoms with Crippen LogP contribution in [0.15, 0.2) is 0 Å². The molecule has 2 nitrogen and oxygen atoms in total. The van der Waals surface area contributed by atoms with Crippen LogP contribution in [0.25, 0.3) is 0 Å². The summed E-state index contributed by atoms with van der Waals surface area (Å²) in [4.78, 5) is 5.63. The van der Waals surface area contributed by atoms with E-state index in [0.717, 1.165) is 23.9 Å². The lowest BCUT2D eigenvalue weighted by Crippen LogP contribution is -2.50. The highest BCUT2D eigenvalue weighted by atomic mass is 15.2. The van der Waals surface area contributed by atoms with E-state index in [0.29, 0.717) is 0 Å². The summed E-state index contributed by atoms with van der Waals surface area (Å²) in [6.45, 7) is 5.64. The van der Waals surface area contributed by atoms with E-state index in [2.05, 4.69) is 9.80 Å². The minimum Gasteiger partial charge on any atom is -0.300 e. The summed E-state index contributed by atoms with van der Waals surface area (Å²) in [5.74, 6) is 2.14. The normalized spacial score (nSPS) is 43.8. The molecule has 4 aliphatic rings. The predicted molar refractivity (Wildman–Crippen MR) is 83.9 cm³/mol. The maximum Gasteiger partial charge on any atom is 0.00980 e. The van der Waals surface area contributed by atoms with E-state index in [4.69, 9.17) is 0 Å². The lowest BCUT2D eigenvalue weighted by atomic mass is 9.72. The van der Waals surface area contributed by atoms with Gasteiger partial charge in [0, 0.05) is 12.1 Å². The zero-order valence-corrected chi connectivity index (χ0v) is 13.1. The van der Waals surface area contributed by atoms with Gasteiger partial charge in [0.2, 0.25) is 0 Å². The van der Waals surface area contributed by atoms with Gasteiger partial charge in [-0.3, -0.25) is 0 Å². The van der Waals surface area contributed by atoms with Crippen molar-refractivity contribution in [2.45, 2.75) is 76.3 Å². The second kappa shape index (κ2) is 5.96. The van der Waals surface area contributed by atoms with Crippen molar-refractivity contribution in [1.29, 1.82) is 0 Å². The lowest BCUT2D eigenvalue weighted by molar-refractivity contribution is 0.0145. The number of hydrogen-bond donors (Lipinski definition) is 0. The Bertz CT molecular complexity index is 297. The molecule has 4 aliphatic heterocycles. The van der Waals surface area contributed by atoms with Crippen molar-refractivity contribution in [1.82, 2.24) is 9.80 Å². The highest BCUT2D eigenvalue weighted by Gasteiger charge is 2.38. The summed E-state index contributed by atoms with van der Waals surface area (Å²) in [6.07, 6.45) is 15.0. The van der Waals surface area contributed by atoms with E-state index < -0.39 is 0 Å². The molecule has 0 bridgehead atoms. The molecule has 114 valence electrons. The summed E-state index contributed by atoms with van der Waals surface area (Å²) in [5.41, 5.74) is 0. The molecule has 0 saturated carbocycles. The standard InChI is InChI=1S/C18H32N2/c1-3-9-19-11-7-15(13-17(19)5-1)16-8-12-20-10-4-2-6-18(20)14-16/h15-18H,1-14H2. The van der Waals surface area contributed by atoms with Crippen LogP contribution in [-0.4, -0.2) is 48.1 Å². The lowest BCUT2D eigenvalue weighted by Gasteiger charge is -2.48. The first kappa shape index (κ1) is 13.6. The Hall–Kier alpha value is -0.0800. The van der Waals surface area contributed by atoms with Crippen molar-refractivity contribution in [2.75, 3.05) is 26.2 Å². The van der Waals surface area contributed by atoms with Gasteiger partial charge >= 0.3 is 0 Å². The van der Waals surface area contributed by atoms with Gasteiger partial charge in [0.15, 0.2) is 0 Å². The van der Waals surface area contributed by atoms with Crippen molar-refractivity contribution in [3.05, 3.63) is 0 Å². The summed E-state index contributed by atoms with van der Waals surface area (Å²) >= 11 is 0. The smallest absolute Gasteiger partial charge is 0.00980 e. The van der Waals surface area contributed by atoms with Crippen LogP contribution in [0, 0.1) is 11.8 Å². The van der Waals surface area contributed by atoms with Crippen LogP contribution in [-0.2, 0) is 0 Å². The predicted octanol–water partition coefficient (Wildman–Crippen LogP) is 3.52. The second-order valence-corrected chi connectivity index (χ2v) is 7.94. The zero-order chi connectivity index (χ0) is 13.4. The fourth-order valence-corrected chi connectivity index (χ4v) is 5.70. The molecule has 0 aromatic carbocycles. The van der Waals surface area contributed by atoms with Crippen LogP contribution in [0.1, 0.15) is 64.2 Å². The fourth-order valence-electron chi connectivity index (χ4n) is 5.70. The van der Waals surface area contributed by atoms with Crippen LogP contribution < -0.4 is 0 Å². The van der Waals surface area contributed by atoms with Crippen molar-refractivity contribution in [2.24, 2.45) is 11.8 Å². The van der Waals surface area contributed by atoms with Gasteiger partial charge in [-0.05, 0) is 89.4 Å². The van der Waals surface area contributed by atoms with Crippen molar-refractivity contribution in [3.8, 4) is 0 Å². The molecule has 4 rings (SSSR count). The van der Waals surface area contributed by atoms with Gasteiger partial charge in [-0.1, -0.05) is 12.8 Å². The van der Waals surface area contributed by atoms with Crippen molar-refractivity contribution in [3.63, 3.8) is 0 Å². The average molecular weight is 276 g/mol. The Morgan fingerprint density at radius 2 is 1.00 bits per heavy atom. The van der Waals surface area contributed by atoms with Crippen LogP contribution >= 0.6 is 0 Å².